The predicted octanol–water partition coefficient (Wildman–Crippen LogP) is 4.37. The van der Waals surface area contributed by atoms with Crippen molar-refractivity contribution in [2.75, 3.05) is 18.1 Å². The molecular weight excluding hydrogens is 490 g/mol. The summed E-state index contributed by atoms with van der Waals surface area (Å²) >= 11 is 5.88. The first-order chi connectivity index (χ1) is 17.3. The van der Waals surface area contributed by atoms with Gasteiger partial charge in [0.15, 0.2) is 0 Å². The Morgan fingerprint density at radius 2 is 1.58 bits per heavy atom. The lowest BCUT2D eigenvalue weighted by atomic mass is 10.1. The van der Waals surface area contributed by atoms with Gasteiger partial charge in [0.25, 0.3) is 17.5 Å². The van der Waals surface area contributed by atoms with Crippen molar-refractivity contribution in [2.24, 2.45) is 0 Å². The number of anilines is 1. The van der Waals surface area contributed by atoms with Crippen LogP contribution in [0.25, 0.3) is 6.08 Å². The number of halogens is 1. The Labute approximate surface area is 209 Å². The van der Waals surface area contributed by atoms with Crippen LogP contribution in [0.5, 0.6) is 11.5 Å². The van der Waals surface area contributed by atoms with E-state index in [1.807, 2.05) is 0 Å². The number of imide groups is 2. The minimum absolute atomic E-state index is 0.0321. The highest BCUT2D eigenvalue weighted by Crippen LogP contribution is 2.24. The molecule has 1 N–H and O–H groups in total. The second-order valence-electron chi connectivity index (χ2n) is 7.45. The Balaban J connectivity index is 1.41. The molecule has 0 atom stereocenters. The van der Waals surface area contributed by atoms with Crippen molar-refractivity contribution in [3.63, 3.8) is 0 Å². The molecule has 0 unspecified atom stereocenters. The van der Waals surface area contributed by atoms with E-state index in [2.05, 4.69) is 5.32 Å². The van der Waals surface area contributed by atoms with Gasteiger partial charge in [-0.1, -0.05) is 23.7 Å². The molecular formula is C25H18ClN3O7. The first-order valence-corrected chi connectivity index (χ1v) is 11.0. The van der Waals surface area contributed by atoms with Crippen molar-refractivity contribution in [2.45, 2.75) is 0 Å². The summed E-state index contributed by atoms with van der Waals surface area (Å²) in [4.78, 5) is 48.7. The van der Waals surface area contributed by atoms with E-state index in [-0.39, 0.29) is 30.2 Å². The standard InChI is InChI=1S/C25H18ClN3O7/c26-17-4-6-18(7-5-17)28-24(31)22(23(30)27-25(28)32)15-16-2-1-3-21(14-16)36-13-12-35-20-10-8-19(9-11-20)29(33)34/h1-11,14-15H,12-13H2,(H,27,30,32)/b22-15-. The van der Waals surface area contributed by atoms with Gasteiger partial charge in [-0.2, -0.15) is 0 Å². The highest BCUT2D eigenvalue weighted by molar-refractivity contribution is 6.39. The van der Waals surface area contributed by atoms with Crippen LogP contribution in [-0.2, 0) is 9.59 Å². The molecule has 0 saturated carbocycles. The van der Waals surface area contributed by atoms with Crippen LogP contribution in [-0.4, -0.2) is 36.0 Å². The minimum atomic E-state index is -0.852. The third kappa shape index (κ3) is 5.68. The molecule has 36 heavy (non-hydrogen) atoms. The summed E-state index contributed by atoms with van der Waals surface area (Å²) in [5.74, 6) is -0.651. The van der Waals surface area contributed by atoms with Crippen LogP contribution in [0.2, 0.25) is 5.02 Å². The molecule has 1 saturated heterocycles. The van der Waals surface area contributed by atoms with Gasteiger partial charge in [0.2, 0.25) is 0 Å². The summed E-state index contributed by atoms with van der Waals surface area (Å²) in [6.45, 7) is 0.359. The number of ether oxygens (including phenoxy) is 2. The molecule has 0 radical (unpaired) electrons. The SMILES string of the molecule is O=C1NC(=O)N(c2ccc(Cl)cc2)C(=O)/C1=C\c1cccc(OCCOc2ccc([N+](=O)[O-])cc2)c1. The number of hydrogen-bond donors (Lipinski definition) is 1. The van der Waals surface area contributed by atoms with Crippen molar-refractivity contribution in [1.29, 1.82) is 0 Å². The van der Waals surface area contributed by atoms with Crippen LogP contribution in [0, 0.1) is 10.1 Å². The number of barbiturate groups is 1. The number of rotatable bonds is 8. The van der Waals surface area contributed by atoms with E-state index >= 15 is 0 Å². The largest absolute Gasteiger partial charge is 0.490 e. The molecule has 0 aromatic heterocycles. The summed E-state index contributed by atoms with van der Waals surface area (Å²) in [5, 5.41) is 13.3. The Bertz CT molecular complexity index is 1350. The first-order valence-electron chi connectivity index (χ1n) is 10.6. The fourth-order valence-corrected chi connectivity index (χ4v) is 3.45. The van der Waals surface area contributed by atoms with Gasteiger partial charge in [-0.25, -0.2) is 9.69 Å². The number of nitro groups is 1. The van der Waals surface area contributed by atoms with Gasteiger partial charge >= 0.3 is 6.03 Å². The molecule has 0 spiro atoms. The Morgan fingerprint density at radius 1 is 0.917 bits per heavy atom. The smallest absolute Gasteiger partial charge is 0.335 e. The maximum atomic E-state index is 13.0. The zero-order valence-corrected chi connectivity index (χ0v) is 19.3. The molecule has 1 aliphatic rings. The summed E-state index contributed by atoms with van der Waals surface area (Å²) in [6.07, 6.45) is 1.37. The van der Waals surface area contributed by atoms with Crippen LogP contribution >= 0.6 is 11.6 Å². The van der Waals surface area contributed by atoms with E-state index in [1.165, 1.54) is 54.6 Å². The molecule has 4 amide bonds. The number of non-ortho nitro benzene ring substituents is 1. The zero-order valence-electron chi connectivity index (χ0n) is 18.5. The van der Waals surface area contributed by atoms with Crippen molar-refractivity contribution in [1.82, 2.24) is 5.32 Å². The Kier molecular flexibility index (Phi) is 7.26. The van der Waals surface area contributed by atoms with Gasteiger partial charge in [0.05, 0.1) is 10.6 Å². The van der Waals surface area contributed by atoms with Crippen LogP contribution < -0.4 is 19.7 Å². The third-order valence-electron chi connectivity index (χ3n) is 5.02. The third-order valence-corrected chi connectivity index (χ3v) is 5.28. The number of nitrogens with zero attached hydrogens (tertiary/aromatic N) is 2. The lowest BCUT2D eigenvalue weighted by molar-refractivity contribution is -0.384. The van der Waals surface area contributed by atoms with Gasteiger partial charge in [-0.15, -0.1) is 0 Å². The zero-order chi connectivity index (χ0) is 25.7. The van der Waals surface area contributed by atoms with E-state index in [9.17, 15) is 24.5 Å². The van der Waals surface area contributed by atoms with E-state index < -0.39 is 22.8 Å². The maximum Gasteiger partial charge on any atom is 0.335 e. The average molecular weight is 508 g/mol. The number of urea groups is 1. The number of nitro benzene ring substituents is 1. The van der Waals surface area contributed by atoms with Gasteiger partial charge < -0.3 is 9.47 Å². The van der Waals surface area contributed by atoms with Gasteiger partial charge in [-0.05, 0) is 60.2 Å². The number of hydrogen-bond acceptors (Lipinski definition) is 7. The van der Waals surface area contributed by atoms with Crippen LogP contribution in [0.4, 0.5) is 16.2 Å². The molecule has 1 fully saturated rings. The molecule has 1 aliphatic heterocycles. The average Bonchev–Trinajstić information content (AvgIpc) is 2.86. The van der Waals surface area contributed by atoms with Gasteiger partial charge in [0.1, 0.15) is 30.3 Å². The fraction of sp³-hybridized carbons (Fsp3) is 0.0800. The Hall–Kier alpha value is -4.70. The quantitative estimate of drug-likeness (QED) is 0.157. The lowest BCUT2D eigenvalue weighted by Gasteiger charge is -2.26. The first kappa shape index (κ1) is 24.4. The van der Waals surface area contributed by atoms with Crippen LogP contribution in [0.3, 0.4) is 0 Å². The van der Waals surface area contributed by atoms with Crippen molar-refractivity contribution in [3.05, 3.63) is 99.1 Å². The highest BCUT2D eigenvalue weighted by atomic mass is 35.5. The van der Waals surface area contributed by atoms with E-state index in [4.69, 9.17) is 21.1 Å². The number of carbonyl (C=O) groups excluding carboxylic acids is 3. The summed E-state index contributed by atoms with van der Waals surface area (Å²) < 4.78 is 11.2. The van der Waals surface area contributed by atoms with Crippen LogP contribution in [0.15, 0.2) is 78.4 Å². The minimum Gasteiger partial charge on any atom is -0.490 e. The number of benzene rings is 3. The molecule has 11 heteroatoms. The summed E-state index contributed by atoms with van der Waals surface area (Å²) in [6, 6.07) is 17.6. The fourth-order valence-electron chi connectivity index (χ4n) is 3.33. The van der Waals surface area contributed by atoms with Crippen LogP contribution in [0.1, 0.15) is 5.56 Å². The summed E-state index contributed by atoms with van der Waals surface area (Å²) in [7, 11) is 0. The number of amides is 4. The monoisotopic (exact) mass is 507 g/mol. The van der Waals surface area contributed by atoms with Gasteiger partial charge in [-0.3, -0.25) is 25.0 Å². The number of carbonyl (C=O) groups is 3. The lowest BCUT2D eigenvalue weighted by Crippen LogP contribution is -2.54. The summed E-state index contributed by atoms with van der Waals surface area (Å²) in [5.41, 5.74) is 0.525. The normalized spacial score (nSPS) is 14.5. The van der Waals surface area contributed by atoms with E-state index in [0.717, 1.165) is 4.90 Å². The number of nitrogens with one attached hydrogen (secondary N) is 1. The topological polar surface area (TPSA) is 128 Å². The van der Waals surface area contributed by atoms with E-state index in [1.54, 1.807) is 24.3 Å². The predicted molar refractivity (Wildman–Crippen MR) is 131 cm³/mol. The molecule has 3 aromatic rings. The molecule has 4 rings (SSSR count). The maximum absolute atomic E-state index is 13.0. The van der Waals surface area contributed by atoms with Crippen molar-refractivity contribution < 1.29 is 28.8 Å². The van der Waals surface area contributed by atoms with Crippen molar-refractivity contribution in [3.8, 4) is 11.5 Å². The molecule has 0 aliphatic carbocycles. The molecule has 10 nitrogen and oxygen atoms in total. The Morgan fingerprint density at radius 3 is 2.25 bits per heavy atom. The molecule has 0 bridgehead atoms. The second-order valence-corrected chi connectivity index (χ2v) is 7.89. The highest BCUT2D eigenvalue weighted by Gasteiger charge is 2.36. The van der Waals surface area contributed by atoms with E-state index in [0.29, 0.717) is 22.1 Å². The van der Waals surface area contributed by atoms with Crippen molar-refractivity contribution >= 4 is 46.9 Å². The molecule has 3 aromatic carbocycles. The molecule has 182 valence electrons. The second kappa shape index (κ2) is 10.7. The molecule has 1 heterocycles. The van der Waals surface area contributed by atoms with Gasteiger partial charge in [0, 0.05) is 17.2 Å².